The average Bonchev–Trinajstić information content (AvgIpc) is 3.27. The quantitative estimate of drug-likeness (QED) is 0.848. The van der Waals surface area contributed by atoms with Crippen molar-refractivity contribution in [2.75, 3.05) is 16.8 Å². The number of hydrogen-bond acceptors (Lipinski definition) is 4. The molecule has 6 nitrogen and oxygen atoms in total. The number of carbonyl (C=O) groups is 3. The molecule has 1 atom stereocenters. The summed E-state index contributed by atoms with van der Waals surface area (Å²) in [6.07, 6.45) is 1.46. The van der Waals surface area contributed by atoms with Gasteiger partial charge >= 0.3 is 0 Å². The molecule has 0 radical (unpaired) electrons. The molecule has 1 aliphatic heterocycles. The van der Waals surface area contributed by atoms with E-state index in [1.165, 1.54) is 11.3 Å². The zero-order valence-electron chi connectivity index (χ0n) is 14.7. The molecular weight excluding hydrogens is 350 g/mol. The third kappa shape index (κ3) is 3.94. The molecule has 1 aromatic heterocycles. The summed E-state index contributed by atoms with van der Waals surface area (Å²) in [5, 5.41) is 7.31. The fourth-order valence-corrected chi connectivity index (χ4v) is 3.56. The first-order chi connectivity index (χ1) is 12.5. The molecular formula is C19H21N3O3S. The van der Waals surface area contributed by atoms with Gasteiger partial charge in [-0.25, -0.2) is 0 Å². The Balaban J connectivity index is 1.63. The summed E-state index contributed by atoms with van der Waals surface area (Å²) < 4.78 is 0. The molecule has 1 aliphatic rings. The Morgan fingerprint density at radius 3 is 2.69 bits per heavy atom. The largest absolute Gasteiger partial charge is 0.340 e. The SMILES string of the molecule is Cc1cc(NC(=O)[C@H](C)NC(=O)c2cccs2)ccc1N1CCCC1=O. The predicted molar refractivity (Wildman–Crippen MR) is 103 cm³/mol. The van der Waals surface area contributed by atoms with E-state index in [9.17, 15) is 14.4 Å². The van der Waals surface area contributed by atoms with Gasteiger partial charge in [0.05, 0.1) is 4.88 Å². The van der Waals surface area contributed by atoms with Crippen molar-refractivity contribution < 1.29 is 14.4 Å². The van der Waals surface area contributed by atoms with E-state index in [-0.39, 0.29) is 17.7 Å². The molecule has 136 valence electrons. The Bertz CT molecular complexity index is 833. The van der Waals surface area contributed by atoms with Crippen molar-refractivity contribution in [3.05, 3.63) is 46.2 Å². The van der Waals surface area contributed by atoms with Gasteiger partial charge in [-0.15, -0.1) is 11.3 Å². The lowest BCUT2D eigenvalue weighted by molar-refractivity contribution is -0.118. The van der Waals surface area contributed by atoms with Crippen LogP contribution in [0.1, 0.15) is 35.0 Å². The third-order valence-corrected chi connectivity index (χ3v) is 5.18. The Labute approximate surface area is 156 Å². The first-order valence-corrected chi connectivity index (χ1v) is 9.40. The number of nitrogens with one attached hydrogen (secondary N) is 2. The maximum absolute atomic E-state index is 12.3. The smallest absolute Gasteiger partial charge is 0.261 e. The van der Waals surface area contributed by atoms with Crippen molar-refractivity contribution in [2.24, 2.45) is 0 Å². The van der Waals surface area contributed by atoms with Crippen LogP contribution in [-0.2, 0) is 9.59 Å². The minimum Gasteiger partial charge on any atom is -0.340 e. The van der Waals surface area contributed by atoms with Gasteiger partial charge in [0.15, 0.2) is 0 Å². The molecule has 0 saturated carbocycles. The Morgan fingerprint density at radius 2 is 2.08 bits per heavy atom. The van der Waals surface area contributed by atoms with E-state index in [4.69, 9.17) is 0 Å². The lowest BCUT2D eigenvalue weighted by atomic mass is 10.1. The molecule has 1 fully saturated rings. The minimum atomic E-state index is -0.662. The van der Waals surface area contributed by atoms with Crippen LogP contribution in [0.4, 0.5) is 11.4 Å². The molecule has 1 aromatic carbocycles. The molecule has 2 aromatic rings. The van der Waals surface area contributed by atoms with Crippen LogP contribution in [0, 0.1) is 6.92 Å². The highest BCUT2D eigenvalue weighted by molar-refractivity contribution is 7.12. The van der Waals surface area contributed by atoms with E-state index in [1.807, 2.05) is 24.4 Å². The van der Waals surface area contributed by atoms with Gasteiger partial charge in [0, 0.05) is 24.3 Å². The van der Waals surface area contributed by atoms with Crippen LogP contribution < -0.4 is 15.5 Å². The van der Waals surface area contributed by atoms with Crippen molar-refractivity contribution in [1.82, 2.24) is 5.32 Å². The highest BCUT2D eigenvalue weighted by atomic mass is 32.1. The van der Waals surface area contributed by atoms with E-state index in [0.29, 0.717) is 17.0 Å². The number of amides is 3. The van der Waals surface area contributed by atoms with Crippen LogP contribution in [-0.4, -0.2) is 30.3 Å². The standard InChI is InChI=1S/C19H21N3O3S/c1-12-11-14(7-8-15(12)22-9-3-6-17(22)23)21-18(24)13(2)20-19(25)16-5-4-10-26-16/h4-5,7-8,10-11,13H,3,6,9H2,1-2H3,(H,20,25)(H,21,24)/t13-/m0/s1. The average molecular weight is 371 g/mol. The van der Waals surface area contributed by atoms with Gasteiger partial charge < -0.3 is 15.5 Å². The second-order valence-electron chi connectivity index (χ2n) is 6.31. The molecule has 2 heterocycles. The molecule has 0 bridgehead atoms. The summed E-state index contributed by atoms with van der Waals surface area (Å²) in [6, 6.07) is 8.31. The molecule has 3 rings (SSSR count). The predicted octanol–water partition coefficient (Wildman–Crippen LogP) is 2.94. The van der Waals surface area contributed by atoms with Gasteiger partial charge in [-0.1, -0.05) is 6.07 Å². The van der Waals surface area contributed by atoms with E-state index in [2.05, 4.69) is 10.6 Å². The summed E-state index contributed by atoms with van der Waals surface area (Å²) in [5.74, 6) is -0.421. The summed E-state index contributed by atoms with van der Waals surface area (Å²) in [4.78, 5) is 38.6. The number of benzene rings is 1. The fraction of sp³-hybridized carbons (Fsp3) is 0.316. The molecule has 7 heteroatoms. The number of carbonyl (C=O) groups excluding carboxylic acids is 3. The summed E-state index contributed by atoms with van der Waals surface area (Å²) in [6.45, 7) is 4.29. The maximum Gasteiger partial charge on any atom is 0.261 e. The van der Waals surface area contributed by atoms with Crippen molar-refractivity contribution in [2.45, 2.75) is 32.7 Å². The van der Waals surface area contributed by atoms with Crippen molar-refractivity contribution in [1.29, 1.82) is 0 Å². The van der Waals surface area contributed by atoms with Crippen LogP contribution in [0.2, 0.25) is 0 Å². The molecule has 0 spiro atoms. The van der Waals surface area contributed by atoms with Crippen LogP contribution in [0.3, 0.4) is 0 Å². The number of rotatable bonds is 5. The topological polar surface area (TPSA) is 78.5 Å². The van der Waals surface area contributed by atoms with Gasteiger partial charge in [0.1, 0.15) is 6.04 Å². The van der Waals surface area contributed by atoms with Gasteiger partial charge in [-0.3, -0.25) is 14.4 Å². The third-order valence-electron chi connectivity index (χ3n) is 4.31. The van der Waals surface area contributed by atoms with E-state index in [0.717, 1.165) is 24.2 Å². The number of anilines is 2. The van der Waals surface area contributed by atoms with Gasteiger partial charge in [0.25, 0.3) is 5.91 Å². The molecule has 1 saturated heterocycles. The monoisotopic (exact) mass is 371 g/mol. The van der Waals surface area contributed by atoms with Crippen LogP contribution in [0.5, 0.6) is 0 Å². The Kier molecular flexibility index (Phi) is 5.37. The molecule has 26 heavy (non-hydrogen) atoms. The number of hydrogen-bond donors (Lipinski definition) is 2. The maximum atomic E-state index is 12.3. The number of nitrogens with zero attached hydrogens (tertiary/aromatic N) is 1. The van der Waals surface area contributed by atoms with Crippen molar-refractivity contribution in [3.8, 4) is 0 Å². The van der Waals surface area contributed by atoms with Crippen LogP contribution >= 0.6 is 11.3 Å². The highest BCUT2D eigenvalue weighted by Gasteiger charge is 2.23. The lowest BCUT2D eigenvalue weighted by Gasteiger charge is -2.19. The lowest BCUT2D eigenvalue weighted by Crippen LogP contribution is -2.41. The molecule has 0 unspecified atom stereocenters. The van der Waals surface area contributed by atoms with Gasteiger partial charge in [-0.05, 0) is 55.5 Å². The summed E-state index contributed by atoms with van der Waals surface area (Å²) in [7, 11) is 0. The first kappa shape index (κ1) is 18.1. The highest BCUT2D eigenvalue weighted by Crippen LogP contribution is 2.27. The van der Waals surface area contributed by atoms with Crippen LogP contribution in [0.15, 0.2) is 35.7 Å². The normalized spacial score (nSPS) is 15.0. The van der Waals surface area contributed by atoms with E-state index in [1.54, 1.807) is 30.0 Å². The first-order valence-electron chi connectivity index (χ1n) is 8.52. The van der Waals surface area contributed by atoms with Crippen molar-refractivity contribution in [3.63, 3.8) is 0 Å². The number of thiophene rings is 1. The minimum absolute atomic E-state index is 0.134. The number of aryl methyl sites for hydroxylation is 1. The zero-order valence-corrected chi connectivity index (χ0v) is 15.6. The van der Waals surface area contributed by atoms with E-state index < -0.39 is 6.04 Å². The van der Waals surface area contributed by atoms with Gasteiger partial charge in [0.2, 0.25) is 11.8 Å². The fourth-order valence-electron chi connectivity index (χ4n) is 2.93. The second-order valence-corrected chi connectivity index (χ2v) is 7.26. The zero-order chi connectivity index (χ0) is 18.7. The summed E-state index contributed by atoms with van der Waals surface area (Å²) >= 11 is 1.33. The summed E-state index contributed by atoms with van der Waals surface area (Å²) in [5.41, 5.74) is 2.44. The van der Waals surface area contributed by atoms with Crippen LogP contribution in [0.25, 0.3) is 0 Å². The van der Waals surface area contributed by atoms with E-state index >= 15 is 0 Å². The Morgan fingerprint density at radius 1 is 1.27 bits per heavy atom. The second kappa shape index (κ2) is 7.70. The Hall–Kier alpha value is -2.67. The molecule has 2 N–H and O–H groups in total. The van der Waals surface area contributed by atoms with Crippen molar-refractivity contribution >= 4 is 40.4 Å². The van der Waals surface area contributed by atoms with Gasteiger partial charge in [-0.2, -0.15) is 0 Å². The molecule has 3 amide bonds. The molecule has 0 aliphatic carbocycles.